The van der Waals surface area contributed by atoms with Gasteiger partial charge in [0.1, 0.15) is 0 Å². The van der Waals surface area contributed by atoms with Gasteiger partial charge in [0.15, 0.2) is 0 Å². The van der Waals surface area contributed by atoms with Crippen LogP contribution in [0, 0.1) is 11.8 Å². The summed E-state index contributed by atoms with van der Waals surface area (Å²) >= 11 is 0. The summed E-state index contributed by atoms with van der Waals surface area (Å²) < 4.78 is 0. The van der Waals surface area contributed by atoms with Crippen LogP contribution in [0.5, 0.6) is 0 Å². The van der Waals surface area contributed by atoms with Gasteiger partial charge in [0.2, 0.25) is 5.91 Å². The van der Waals surface area contributed by atoms with E-state index in [-0.39, 0.29) is 12.5 Å². The first-order valence-corrected chi connectivity index (χ1v) is 6.39. The molecular formula is C13H21NO4. The summed E-state index contributed by atoms with van der Waals surface area (Å²) in [7, 11) is 0. The highest BCUT2D eigenvalue weighted by Gasteiger charge is 2.35. The number of hydrogen-bond donors (Lipinski definition) is 2. The van der Waals surface area contributed by atoms with E-state index in [4.69, 9.17) is 10.2 Å². The number of carbonyl (C=O) groups is 2. The second kappa shape index (κ2) is 7.16. The standard InChI is InChI=1S/C13H21NO4/c1-2-14(8-5-9-15)12(16)10-6-3-4-7-11(10)13(17)18/h3-4,10-11,15H,2,5-9H2,1H3,(H,17,18). The van der Waals surface area contributed by atoms with Crippen LogP contribution in [0.4, 0.5) is 0 Å². The summed E-state index contributed by atoms with van der Waals surface area (Å²) in [5, 5.41) is 17.9. The molecule has 1 aliphatic rings. The zero-order chi connectivity index (χ0) is 13.5. The van der Waals surface area contributed by atoms with E-state index < -0.39 is 17.8 Å². The van der Waals surface area contributed by atoms with Crippen LogP contribution in [0.25, 0.3) is 0 Å². The van der Waals surface area contributed by atoms with Crippen molar-refractivity contribution in [2.45, 2.75) is 26.2 Å². The largest absolute Gasteiger partial charge is 0.481 e. The Morgan fingerprint density at radius 2 is 1.89 bits per heavy atom. The topological polar surface area (TPSA) is 77.8 Å². The number of aliphatic hydroxyl groups excluding tert-OH is 1. The molecule has 0 bridgehead atoms. The highest BCUT2D eigenvalue weighted by atomic mass is 16.4. The van der Waals surface area contributed by atoms with E-state index >= 15 is 0 Å². The average Bonchev–Trinajstić information content (AvgIpc) is 2.39. The first-order valence-electron chi connectivity index (χ1n) is 6.39. The maximum atomic E-state index is 12.3. The molecule has 2 atom stereocenters. The average molecular weight is 255 g/mol. The third kappa shape index (κ3) is 3.57. The summed E-state index contributed by atoms with van der Waals surface area (Å²) in [6, 6.07) is 0. The van der Waals surface area contributed by atoms with Gasteiger partial charge < -0.3 is 15.1 Å². The lowest BCUT2D eigenvalue weighted by Gasteiger charge is -2.30. The highest BCUT2D eigenvalue weighted by molar-refractivity contribution is 5.85. The third-order valence-electron chi connectivity index (χ3n) is 3.35. The summed E-state index contributed by atoms with van der Waals surface area (Å²) in [6.45, 7) is 2.93. The lowest BCUT2D eigenvalue weighted by atomic mass is 9.82. The van der Waals surface area contributed by atoms with Crippen LogP contribution in [0.2, 0.25) is 0 Å². The number of carboxylic acids is 1. The monoisotopic (exact) mass is 255 g/mol. The van der Waals surface area contributed by atoms with Gasteiger partial charge in [-0.15, -0.1) is 0 Å². The molecule has 2 N–H and O–H groups in total. The van der Waals surface area contributed by atoms with Crippen molar-refractivity contribution in [3.8, 4) is 0 Å². The number of aliphatic carboxylic acids is 1. The van der Waals surface area contributed by atoms with Crippen molar-refractivity contribution in [1.82, 2.24) is 4.90 Å². The Morgan fingerprint density at radius 1 is 1.28 bits per heavy atom. The molecule has 5 heteroatoms. The van der Waals surface area contributed by atoms with Gasteiger partial charge in [-0.3, -0.25) is 9.59 Å². The molecule has 5 nitrogen and oxygen atoms in total. The fourth-order valence-electron chi connectivity index (χ4n) is 2.28. The van der Waals surface area contributed by atoms with Crippen molar-refractivity contribution >= 4 is 11.9 Å². The Morgan fingerprint density at radius 3 is 2.39 bits per heavy atom. The number of carboxylic acid groups (broad SMARTS) is 1. The number of aliphatic hydroxyl groups is 1. The predicted molar refractivity (Wildman–Crippen MR) is 66.9 cm³/mol. The van der Waals surface area contributed by atoms with Gasteiger partial charge >= 0.3 is 5.97 Å². The molecule has 0 aromatic carbocycles. The van der Waals surface area contributed by atoms with Gasteiger partial charge in [-0.25, -0.2) is 0 Å². The minimum absolute atomic E-state index is 0.0384. The fourth-order valence-corrected chi connectivity index (χ4v) is 2.28. The van der Waals surface area contributed by atoms with Gasteiger partial charge in [0.05, 0.1) is 11.8 Å². The number of amides is 1. The van der Waals surface area contributed by atoms with Crippen LogP contribution in [-0.2, 0) is 9.59 Å². The lowest BCUT2D eigenvalue weighted by molar-refractivity contribution is -0.150. The molecular weight excluding hydrogens is 234 g/mol. The summed E-state index contributed by atoms with van der Waals surface area (Å²) in [5.74, 6) is -2.10. The maximum Gasteiger partial charge on any atom is 0.307 e. The molecule has 0 aromatic rings. The number of allylic oxidation sites excluding steroid dienone is 2. The van der Waals surface area contributed by atoms with Crippen molar-refractivity contribution in [3.63, 3.8) is 0 Å². The minimum Gasteiger partial charge on any atom is -0.481 e. The van der Waals surface area contributed by atoms with Gasteiger partial charge in [-0.2, -0.15) is 0 Å². The van der Waals surface area contributed by atoms with E-state index in [1.54, 1.807) is 4.90 Å². The SMILES string of the molecule is CCN(CCCO)C(=O)C1CC=CCC1C(=O)O. The number of nitrogens with zero attached hydrogens (tertiary/aromatic N) is 1. The van der Waals surface area contributed by atoms with Crippen molar-refractivity contribution in [2.75, 3.05) is 19.7 Å². The molecule has 2 unspecified atom stereocenters. The van der Waals surface area contributed by atoms with Crippen LogP contribution in [0.15, 0.2) is 12.2 Å². The van der Waals surface area contributed by atoms with E-state index in [1.807, 2.05) is 19.1 Å². The first kappa shape index (κ1) is 14.7. The van der Waals surface area contributed by atoms with Crippen LogP contribution in [0.1, 0.15) is 26.2 Å². The Labute approximate surface area is 107 Å². The molecule has 0 spiro atoms. The Hall–Kier alpha value is -1.36. The molecule has 0 saturated carbocycles. The van der Waals surface area contributed by atoms with Crippen LogP contribution >= 0.6 is 0 Å². The maximum absolute atomic E-state index is 12.3. The molecule has 18 heavy (non-hydrogen) atoms. The van der Waals surface area contributed by atoms with E-state index in [0.29, 0.717) is 32.4 Å². The zero-order valence-corrected chi connectivity index (χ0v) is 10.7. The van der Waals surface area contributed by atoms with Gasteiger partial charge in [0, 0.05) is 19.7 Å². The van der Waals surface area contributed by atoms with Gasteiger partial charge in [0.25, 0.3) is 0 Å². The van der Waals surface area contributed by atoms with Gasteiger partial charge in [-0.1, -0.05) is 12.2 Å². The second-order valence-corrected chi connectivity index (χ2v) is 4.49. The molecule has 0 fully saturated rings. The molecule has 0 aliphatic heterocycles. The van der Waals surface area contributed by atoms with E-state index in [1.165, 1.54) is 0 Å². The quantitative estimate of drug-likeness (QED) is 0.691. The zero-order valence-electron chi connectivity index (χ0n) is 10.7. The molecule has 102 valence electrons. The predicted octanol–water partition coefficient (Wildman–Crippen LogP) is 0.884. The smallest absolute Gasteiger partial charge is 0.307 e. The van der Waals surface area contributed by atoms with Crippen LogP contribution < -0.4 is 0 Å². The van der Waals surface area contributed by atoms with Crippen molar-refractivity contribution < 1.29 is 19.8 Å². The molecule has 0 aromatic heterocycles. The second-order valence-electron chi connectivity index (χ2n) is 4.49. The Bertz CT molecular complexity index is 327. The number of rotatable bonds is 6. The van der Waals surface area contributed by atoms with Crippen LogP contribution in [-0.4, -0.2) is 46.7 Å². The molecule has 1 rings (SSSR count). The highest BCUT2D eigenvalue weighted by Crippen LogP contribution is 2.27. The van der Waals surface area contributed by atoms with Crippen molar-refractivity contribution in [1.29, 1.82) is 0 Å². The third-order valence-corrected chi connectivity index (χ3v) is 3.35. The Kier molecular flexibility index (Phi) is 5.85. The minimum atomic E-state index is -0.907. The fraction of sp³-hybridized carbons (Fsp3) is 0.692. The van der Waals surface area contributed by atoms with Crippen LogP contribution in [0.3, 0.4) is 0 Å². The first-order chi connectivity index (χ1) is 8.61. The molecule has 0 heterocycles. The Balaban J connectivity index is 2.72. The molecule has 1 aliphatic carbocycles. The normalized spacial score (nSPS) is 22.8. The molecule has 0 saturated heterocycles. The van der Waals surface area contributed by atoms with Crippen molar-refractivity contribution in [2.24, 2.45) is 11.8 Å². The molecule has 0 radical (unpaired) electrons. The van der Waals surface area contributed by atoms with Gasteiger partial charge in [-0.05, 0) is 26.2 Å². The summed E-state index contributed by atoms with van der Waals surface area (Å²) in [6.07, 6.45) is 5.14. The van der Waals surface area contributed by atoms with E-state index in [0.717, 1.165) is 0 Å². The van der Waals surface area contributed by atoms with E-state index in [2.05, 4.69) is 0 Å². The van der Waals surface area contributed by atoms with Crippen molar-refractivity contribution in [3.05, 3.63) is 12.2 Å². The number of carbonyl (C=O) groups excluding carboxylic acids is 1. The molecule has 1 amide bonds. The summed E-state index contributed by atoms with van der Waals surface area (Å²) in [5.41, 5.74) is 0. The van der Waals surface area contributed by atoms with E-state index in [9.17, 15) is 9.59 Å². The number of hydrogen-bond acceptors (Lipinski definition) is 3. The summed E-state index contributed by atoms with van der Waals surface area (Å²) in [4.78, 5) is 25.1. The lowest BCUT2D eigenvalue weighted by Crippen LogP contribution is -2.42.